The fourth-order valence-corrected chi connectivity index (χ4v) is 1.01. The first-order valence-corrected chi connectivity index (χ1v) is 3.46. The second kappa shape index (κ2) is 2.46. The van der Waals surface area contributed by atoms with Gasteiger partial charge in [-0.1, -0.05) is 0 Å². The van der Waals surface area contributed by atoms with E-state index in [4.69, 9.17) is 10.2 Å². The third-order valence-electron chi connectivity index (χ3n) is 1.64. The zero-order valence-corrected chi connectivity index (χ0v) is 6.15. The first-order valence-electron chi connectivity index (χ1n) is 3.46. The van der Waals surface area contributed by atoms with Crippen LogP contribution in [-0.2, 0) is 4.79 Å². The summed E-state index contributed by atoms with van der Waals surface area (Å²) in [6, 6.07) is 2.71. The van der Waals surface area contributed by atoms with Gasteiger partial charge in [0.15, 0.2) is 5.76 Å². The third kappa shape index (κ3) is 0.911. The average Bonchev–Trinajstić information content (AvgIpc) is 2.64. The summed E-state index contributed by atoms with van der Waals surface area (Å²) in [6.45, 7) is 0. The molecule has 12 heavy (non-hydrogen) atoms. The Morgan fingerprint density at radius 1 is 1.67 bits per heavy atom. The van der Waals surface area contributed by atoms with Gasteiger partial charge >= 0.3 is 0 Å². The van der Waals surface area contributed by atoms with Gasteiger partial charge in [-0.2, -0.15) is 5.10 Å². The topological polar surface area (TPSA) is 80.6 Å². The first kappa shape index (κ1) is 7.05. The van der Waals surface area contributed by atoms with Crippen LogP contribution in [0.3, 0.4) is 0 Å². The Hall–Kier alpha value is -1.62. The first-order chi connectivity index (χ1) is 5.79. The quantitative estimate of drug-likeness (QED) is 0.585. The number of nitrogens with one attached hydrogen (secondary N) is 1. The molecule has 1 atom stereocenters. The minimum atomic E-state index is -0.712. The minimum absolute atomic E-state index is 0.304. The predicted octanol–water partition coefficient (Wildman–Crippen LogP) is -0.559. The summed E-state index contributed by atoms with van der Waals surface area (Å²) in [5.41, 5.74) is 8.23. The molecule has 1 aromatic rings. The fourth-order valence-electron chi connectivity index (χ4n) is 1.01. The Kier molecular flexibility index (Phi) is 1.44. The molecule has 0 bridgehead atoms. The molecule has 5 nitrogen and oxygen atoms in total. The van der Waals surface area contributed by atoms with E-state index in [1.807, 2.05) is 0 Å². The Labute approximate surface area is 68.2 Å². The van der Waals surface area contributed by atoms with Crippen molar-refractivity contribution in [1.82, 2.24) is 5.43 Å². The summed E-state index contributed by atoms with van der Waals surface area (Å²) in [4.78, 5) is 10.9. The highest BCUT2D eigenvalue weighted by Crippen LogP contribution is 2.07. The van der Waals surface area contributed by atoms with Crippen LogP contribution in [-0.4, -0.2) is 17.7 Å². The lowest BCUT2D eigenvalue weighted by atomic mass is 10.1. The van der Waals surface area contributed by atoms with Crippen LogP contribution in [0.4, 0.5) is 0 Å². The average molecular weight is 165 g/mol. The van der Waals surface area contributed by atoms with Crippen LogP contribution < -0.4 is 11.2 Å². The number of nitrogens with two attached hydrogens (primary N) is 1. The molecule has 62 valence electrons. The maximum atomic E-state index is 10.9. The van der Waals surface area contributed by atoms with Gasteiger partial charge in [-0.15, -0.1) is 0 Å². The summed E-state index contributed by atoms with van der Waals surface area (Å²) in [5.74, 6) is 0.224. The zero-order valence-electron chi connectivity index (χ0n) is 6.15. The van der Waals surface area contributed by atoms with Crippen LogP contribution >= 0.6 is 0 Å². The molecular formula is C7H7N3O2. The molecule has 0 aliphatic carbocycles. The van der Waals surface area contributed by atoms with Crippen molar-refractivity contribution in [3.8, 4) is 0 Å². The number of amides is 1. The van der Waals surface area contributed by atoms with Crippen LogP contribution in [0.5, 0.6) is 0 Å². The maximum Gasteiger partial charge on any atom is 0.263 e. The molecule has 1 aliphatic rings. The van der Waals surface area contributed by atoms with E-state index in [9.17, 15) is 4.79 Å². The van der Waals surface area contributed by atoms with Crippen molar-refractivity contribution in [2.45, 2.75) is 6.04 Å². The minimum Gasteiger partial charge on any atom is -0.463 e. The summed E-state index contributed by atoms with van der Waals surface area (Å²) >= 11 is 0. The van der Waals surface area contributed by atoms with E-state index in [0.29, 0.717) is 11.5 Å². The van der Waals surface area contributed by atoms with Gasteiger partial charge in [-0.25, -0.2) is 5.43 Å². The highest BCUT2D eigenvalue weighted by Gasteiger charge is 2.28. The van der Waals surface area contributed by atoms with Crippen molar-refractivity contribution in [1.29, 1.82) is 0 Å². The van der Waals surface area contributed by atoms with Gasteiger partial charge in [0.05, 0.1) is 6.26 Å². The number of furan rings is 1. The fraction of sp³-hybridized carbons (Fsp3) is 0.143. The molecule has 1 amide bonds. The van der Waals surface area contributed by atoms with Crippen LogP contribution in [0.15, 0.2) is 27.9 Å². The molecule has 0 saturated carbocycles. The van der Waals surface area contributed by atoms with Crippen molar-refractivity contribution in [2.24, 2.45) is 10.8 Å². The molecule has 0 spiro atoms. The molecule has 0 fully saturated rings. The van der Waals surface area contributed by atoms with E-state index in [1.165, 1.54) is 6.26 Å². The van der Waals surface area contributed by atoms with Gasteiger partial charge in [0, 0.05) is 0 Å². The van der Waals surface area contributed by atoms with E-state index < -0.39 is 6.04 Å². The van der Waals surface area contributed by atoms with E-state index in [1.54, 1.807) is 12.1 Å². The van der Waals surface area contributed by atoms with Gasteiger partial charge in [-0.05, 0) is 12.1 Å². The van der Waals surface area contributed by atoms with Gasteiger partial charge < -0.3 is 10.2 Å². The van der Waals surface area contributed by atoms with E-state index in [2.05, 4.69) is 10.5 Å². The molecule has 5 heteroatoms. The lowest BCUT2D eigenvalue weighted by Crippen LogP contribution is -2.37. The number of carbonyl (C=O) groups excluding carboxylic acids is 1. The van der Waals surface area contributed by atoms with Crippen molar-refractivity contribution < 1.29 is 9.21 Å². The van der Waals surface area contributed by atoms with Gasteiger partial charge in [0.25, 0.3) is 5.91 Å². The molecular weight excluding hydrogens is 158 g/mol. The van der Waals surface area contributed by atoms with Crippen molar-refractivity contribution in [3.63, 3.8) is 0 Å². The van der Waals surface area contributed by atoms with Gasteiger partial charge in [0.2, 0.25) is 0 Å². The number of carbonyl (C=O) groups is 1. The molecule has 1 aromatic heterocycles. The predicted molar refractivity (Wildman–Crippen MR) is 41.4 cm³/mol. The van der Waals surface area contributed by atoms with Crippen LogP contribution in [0.1, 0.15) is 5.76 Å². The van der Waals surface area contributed by atoms with Crippen LogP contribution in [0.25, 0.3) is 0 Å². The number of nitrogens with zero attached hydrogens (tertiary/aromatic N) is 1. The molecule has 0 aromatic carbocycles. The summed E-state index contributed by atoms with van der Waals surface area (Å²) in [7, 11) is 0. The normalized spacial score (nSPS) is 22.2. The smallest absolute Gasteiger partial charge is 0.263 e. The molecule has 2 rings (SSSR count). The molecule has 3 N–H and O–H groups in total. The SMILES string of the molecule is NC1C(=O)NN=C1c1ccco1. The van der Waals surface area contributed by atoms with Crippen molar-refractivity contribution >= 4 is 11.6 Å². The Bertz CT molecular complexity index is 328. The standard InChI is InChI=1S/C7H7N3O2/c8-5-6(9-10-7(5)11)4-2-1-3-12-4/h1-3,5H,8H2,(H,10,11). The summed E-state index contributed by atoms with van der Waals surface area (Å²) in [6.07, 6.45) is 1.51. The van der Waals surface area contributed by atoms with Crippen molar-refractivity contribution in [2.75, 3.05) is 0 Å². The number of hydrogen-bond donors (Lipinski definition) is 2. The van der Waals surface area contributed by atoms with E-state index >= 15 is 0 Å². The van der Waals surface area contributed by atoms with Crippen molar-refractivity contribution in [3.05, 3.63) is 24.2 Å². The van der Waals surface area contributed by atoms with E-state index in [0.717, 1.165) is 0 Å². The van der Waals surface area contributed by atoms with Crippen LogP contribution in [0, 0.1) is 0 Å². The maximum absolute atomic E-state index is 10.9. The number of hydrogen-bond acceptors (Lipinski definition) is 4. The van der Waals surface area contributed by atoms with Gasteiger partial charge in [-0.3, -0.25) is 4.79 Å². The number of hydrazone groups is 1. The lowest BCUT2D eigenvalue weighted by molar-refractivity contribution is -0.120. The molecule has 0 radical (unpaired) electrons. The Morgan fingerprint density at radius 3 is 3.00 bits per heavy atom. The molecule has 0 saturated heterocycles. The molecule has 1 unspecified atom stereocenters. The third-order valence-corrected chi connectivity index (χ3v) is 1.64. The monoisotopic (exact) mass is 165 g/mol. The summed E-state index contributed by atoms with van der Waals surface area (Å²) in [5, 5.41) is 3.74. The Morgan fingerprint density at radius 2 is 2.50 bits per heavy atom. The Balaban J connectivity index is 2.32. The second-order valence-electron chi connectivity index (χ2n) is 2.43. The van der Waals surface area contributed by atoms with Gasteiger partial charge in [0.1, 0.15) is 11.8 Å². The zero-order chi connectivity index (χ0) is 8.55. The largest absolute Gasteiger partial charge is 0.463 e. The highest BCUT2D eigenvalue weighted by molar-refractivity contribution is 6.18. The second-order valence-corrected chi connectivity index (χ2v) is 2.43. The van der Waals surface area contributed by atoms with E-state index in [-0.39, 0.29) is 5.91 Å². The molecule has 2 heterocycles. The lowest BCUT2D eigenvalue weighted by Gasteiger charge is -1.98. The highest BCUT2D eigenvalue weighted by atomic mass is 16.3. The van der Waals surface area contributed by atoms with Crippen LogP contribution in [0.2, 0.25) is 0 Å². The number of rotatable bonds is 1. The summed E-state index contributed by atoms with van der Waals surface area (Å²) < 4.78 is 5.03. The molecule has 1 aliphatic heterocycles.